The molecule has 16 heavy (non-hydrogen) atoms. The van der Waals surface area contributed by atoms with Crippen molar-refractivity contribution in [3.05, 3.63) is 22.2 Å². The molecule has 0 radical (unpaired) electrons. The van der Waals surface area contributed by atoms with Gasteiger partial charge in [0, 0.05) is 32.2 Å². The van der Waals surface area contributed by atoms with Gasteiger partial charge >= 0.3 is 0 Å². The number of carbonyl (C=O) groups is 1. The van der Waals surface area contributed by atoms with E-state index in [-0.39, 0.29) is 12.5 Å². The second kappa shape index (κ2) is 4.63. The Hall–Kier alpha value is -1.40. The highest BCUT2D eigenvalue weighted by Gasteiger charge is 2.17. The minimum absolute atomic E-state index is 0.231. The first kappa shape index (κ1) is 11.1. The van der Waals surface area contributed by atoms with Crippen molar-refractivity contribution in [1.82, 2.24) is 15.0 Å². The van der Waals surface area contributed by atoms with Crippen LogP contribution >= 0.6 is 0 Å². The van der Waals surface area contributed by atoms with E-state index in [0.717, 1.165) is 30.9 Å². The summed E-state index contributed by atoms with van der Waals surface area (Å²) < 4.78 is 5.86. The topological polar surface area (TPSA) is 67.5 Å². The van der Waals surface area contributed by atoms with E-state index in [1.807, 2.05) is 4.90 Å². The second-order valence-electron chi connectivity index (χ2n) is 3.90. The number of rotatable bonds is 2. The monoisotopic (exact) mass is 225 g/mol. The number of hydrogen-bond donors (Lipinski definition) is 1. The van der Waals surface area contributed by atoms with Gasteiger partial charge in [-0.05, 0) is 6.92 Å². The molecule has 0 amide bonds. The fraction of sp³-hybridized carbons (Fsp3) is 0.600. The van der Waals surface area contributed by atoms with E-state index in [1.54, 1.807) is 6.92 Å². The van der Waals surface area contributed by atoms with Gasteiger partial charge in [0.1, 0.15) is 5.76 Å². The van der Waals surface area contributed by atoms with Crippen molar-refractivity contribution >= 4 is 5.91 Å². The molecule has 88 valence electrons. The summed E-state index contributed by atoms with van der Waals surface area (Å²) >= 11 is 0. The first-order valence-electron chi connectivity index (χ1n) is 5.33. The number of aryl methyl sites for hydroxylation is 1. The summed E-state index contributed by atoms with van der Waals surface area (Å²) in [6.45, 7) is 5.27. The maximum Gasteiger partial charge on any atom is 0.290 e. The first-order chi connectivity index (χ1) is 7.66. The van der Waals surface area contributed by atoms with Crippen LogP contribution in [0.2, 0.25) is 0 Å². The lowest BCUT2D eigenvalue weighted by atomic mass is 10.3. The average molecular weight is 225 g/mol. The molecule has 1 saturated heterocycles. The zero-order chi connectivity index (χ0) is 11.5. The Morgan fingerprint density at radius 1 is 1.50 bits per heavy atom. The smallest absolute Gasteiger partial charge is 0.290 e. The van der Waals surface area contributed by atoms with Crippen molar-refractivity contribution in [2.24, 2.45) is 0 Å². The quantitative estimate of drug-likeness (QED) is 0.720. The summed E-state index contributed by atoms with van der Waals surface area (Å²) in [5.41, 5.74) is -0.391. The molecule has 2 heterocycles. The zero-order valence-electron chi connectivity index (χ0n) is 9.23. The normalized spacial score (nSPS) is 17.6. The van der Waals surface area contributed by atoms with Crippen molar-refractivity contribution in [2.45, 2.75) is 6.92 Å². The van der Waals surface area contributed by atoms with Crippen LogP contribution in [0, 0.1) is 6.92 Å². The molecule has 0 spiro atoms. The number of hydrogen-bond acceptors (Lipinski definition) is 5. The van der Waals surface area contributed by atoms with Crippen LogP contribution in [0.4, 0.5) is 0 Å². The summed E-state index contributed by atoms with van der Waals surface area (Å²) in [4.78, 5) is 25.1. The largest absolute Gasteiger partial charge is 0.373 e. The molecule has 2 rings (SSSR count). The molecule has 0 aromatic carbocycles. The van der Waals surface area contributed by atoms with E-state index < -0.39 is 5.56 Å². The van der Waals surface area contributed by atoms with E-state index in [1.165, 1.54) is 6.07 Å². The predicted molar refractivity (Wildman–Crippen MR) is 57.6 cm³/mol. The lowest BCUT2D eigenvalue weighted by Gasteiger charge is -2.25. The predicted octanol–water partition coefficient (Wildman–Crippen LogP) is -0.705. The van der Waals surface area contributed by atoms with Gasteiger partial charge in [-0.25, -0.2) is 0 Å². The molecule has 6 heteroatoms. The molecule has 1 aliphatic heterocycles. The molecule has 0 saturated carbocycles. The summed E-state index contributed by atoms with van der Waals surface area (Å²) in [5, 5.41) is 3.20. The standard InChI is InChI=1S/C10H15N3O3/c1-8-6-9(14)13(16-8)10(15)7-12-4-2-11-3-5-12/h6,11H,2-5,7H2,1H3. The maximum atomic E-state index is 11.8. The van der Waals surface area contributed by atoms with Crippen molar-refractivity contribution in [3.8, 4) is 0 Å². The van der Waals surface area contributed by atoms with Crippen molar-refractivity contribution in [2.75, 3.05) is 32.7 Å². The fourth-order valence-electron chi connectivity index (χ4n) is 1.75. The van der Waals surface area contributed by atoms with Crippen LogP contribution in [0.1, 0.15) is 10.6 Å². The Kier molecular flexibility index (Phi) is 3.21. The summed E-state index contributed by atoms with van der Waals surface area (Å²) in [6.07, 6.45) is 0. The van der Waals surface area contributed by atoms with Gasteiger partial charge in [0.25, 0.3) is 11.5 Å². The third-order valence-corrected chi connectivity index (χ3v) is 2.56. The molecular formula is C10H15N3O3. The molecule has 1 aliphatic rings. The zero-order valence-corrected chi connectivity index (χ0v) is 9.23. The van der Waals surface area contributed by atoms with E-state index >= 15 is 0 Å². The van der Waals surface area contributed by atoms with Crippen molar-refractivity contribution in [1.29, 1.82) is 0 Å². The summed E-state index contributed by atoms with van der Waals surface area (Å²) in [5.74, 6) is 0.152. The SMILES string of the molecule is Cc1cc(=O)n(C(=O)CN2CCNCC2)o1. The summed E-state index contributed by atoms with van der Waals surface area (Å²) in [6, 6.07) is 1.32. The molecule has 1 N–H and O–H groups in total. The van der Waals surface area contributed by atoms with Gasteiger partial charge in [-0.3, -0.25) is 14.5 Å². The van der Waals surface area contributed by atoms with Crippen LogP contribution in [-0.2, 0) is 0 Å². The Balaban J connectivity index is 2.02. The number of carbonyl (C=O) groups excluding carboxylic acids is 1. The highest BCUT2D eigenvalue weighted by molar-refractivity contribution is 5.79. The third kappa shape index (κ3) is 2.40. The summed E-state index contributed by atoms with van der Waals surface area (Å²) in [7, 11) is 0. The maximum absolute atomic E-state index is 11.8. The highest BCUT2D eigenvalue weighted by atomic mass is 16.5. The molecule has 6 nitrogen and oxygen atoms in total. The van der Waals surface area contributed by atoms with Crippen LogP contribution in [0.3, 0.4) is 0 Å². The van der Waals surface area contributed by atoms with Gasteiger partial charge in [-0.15, -0.1) is 4.74 Å². The number of aromatic nitrogens is 1. The van der Waals surface area contributed by atoms with E-state index in [0.29, 0.717) is 5.76 Å². The molecule has 0 bridgehead atoms. The lowest BCUT2D eigenvalue weighted by molar-refractivity contribution is 0.0706. The molecule has 0 aliphatic carbocycles. The minimum atomic E-state index is -0.391. The van der Waals surface area contributed by atoms with Crippen molar-refractivity contribution < 1.29 is 9.32 Å². The van der Waals surface area contributed by atoms with Crippen molar-refractivity contribution in [3.63, 3.8) is 0 Å². The number of piperazine rings is 1. The Morgan fingerprint density at radius 2 is 2.19 bits per heavy atom. The molecule has 0 atom stereocenters. The second-order valence-corrected chi connectivity index (χ2v) is 3.90. The molecule has 1 aromatic rings. The minimum Gasteiger partial charge on any atom is -0.373 e. The van der Waals surface area contributed by atoms with Crippen LogP contribution in [0.5, 0.6) is 0 Å². The van der Waals surface area contributed by atoms with Gasteiger partial charge in [-0.2, -0.15) is 0 Å². The van der Waals surface area contributed by atoms with E-state index in [4.69, 9.17) is 4.52 Å². The fourth-order valence-corrected chi connectivity index (χ4v) is 1.75. The third-order valence-electron chi connectivity index (χ3n) is 2.56. The Labute approximate surface area is 92.8 Å². The molecular weight excluding hydrogens is 210 g/mol. The van der Waals surface area contributed by atoms with Gasteiger partial charge in [-0.1, -0.05) is 0 Å². The molecule has 0 unspecified atom stereocenters. The highest BCUT2D eigenvalue weighted by Crippen LogP contribution is 1.96. The molecule has 1 aromatic heterocycles. The number of nitrogens with zero attached hydrogens (tertiary/aromatic N) is 2. The van der Waals surface area contributed by atoms with Crippen LogP contribution in [0.25, 0.3) is 0 Å². The van der Waals surface area contributed by atoms with E-state index in [9.17, 15) is 9.59 Å². The Bertz CT molecular complexity index is 429. The lowest BCUT2D eigenvalue weighted by Crippen LogP contribution is -2.46. The Morgan fingerprint density at radius 3 is 2.75 bits per heavy atom. The van der Waals surface area contributed by atoms with Gasteiger partial charge in [0.15, 0.2) is 0 Å². The van der Waals surface area contributed by atoms with Gasteiger partial charge < -0.3 is 9.84 Å². The number of nitrogens with one attached hydrogen (secondary N) is 1. The van der Waals surface area contributed by atoms with Crippen LogP contribution in [0.15, 0.2) is 15.4 Å². The van der Waals surface area contributed by atoms with Crippen LogP contribution < -0.4 is 10.9 Å². The molecule has 1 fully saturated rings. The van der Waals surface area contributed by atoms with Crippen LogP contribution in [-0.4, -0.2) is 48.3 Å². The van der Waals surface area contributed by atoms with Gasteiger partial charge in [0.2, 0.25) is 0 Å². The average Bonchev–Trinajstić information content (AvgIpc) is 2.59. The van der Waals surface area contributed by atoms with E-state index in [2.05, 4.69) is 5.32 Å². The first-order valence-corrected chi connectivity index (χ1v) is 5.33. The van der Waals surface area contributed by atoms with Gasteiger partial charge in [0.05, 0.1) is 6.54 Å².